The highest BCUT2D eigenvalue weighted by Gasteiger charge is 2.42. The molecule has 0 spiro atoms. The Morgan fingerprint density at radius 3 is 2.52 bits per heavy atom. The Balaban J connectivity index is 1.69. The fraction of sp³-hybridized carbons (Fsp3) is 0.368. The molecule has 0 aromatic heterocycles. The van der Waals surface area contributed by atoms with E-state index in [0.717, 1.165) is 16.3 Å². The van der Waals surface area contributed by atoms with Gasteiger partial charge in [0.1, 0.15) is 5.54 Å². The highest BCUT2D eigenvalue weighted by molar-refractivity contribution is 5.90. The number of amides is 1. The van der Waals surface area contributed by atoms with Crippen LogP contribution in [-0.4, -0.2) is 41.8 Å². The summed E-state index contributed by atoms with van der Waals surface area (Å²) < 4.78 is 5.21. The van der Waals surface area contributed by atoms with Crippen molar-refractivity contribution >= 4 is 22.6 Å². The van der Waals surface area contributed by atoms with E-state index >= 15 is 0 Å². The normalized spacial score (nSPS) is 17.8. The van der Waals surface area contributed by atoms with Gasteiger partial charge >= 0.3 is 5.97 Å². The van der Waals surface area contributed by atoms with Gasteiger partial charge < -0.3 is 20.9 Å². The van der Waals surface area contributed by atoms with Gasteiger partial charge in [0.05, 0.1) is 6.04 Å². The quantitative estimate of drug-likeness (QED) is 0.763. The Labute approximate surface area is 146 Å². The molecule has 0 bridgehead atoms. The standard InChI is InChI=1S/C19H22N2O4/c20-16(12-13-5-6-14-3-1-2-4-15(14)11-13)17(22)21-19(18(23)24)7-9-25-10-8-19/h1-6,11,16H,7-10,12,20H2,(H,21,22)(H,23,24)/t16-/m0/s1. The monoisotopic (exact) mass is 342 g/mol. The molecule has 2 aromatic rings. The van der Waals surface area contributed by atoms with Crippen LogP contribution >= 0.6 is 0 Å². The number of fused-ring (bicyclic) bond motifs is 1. The fourth-order valence-electron chi connectivity index (χ4n) is 3.15. The predicted molar refractivity (Wildman–Crippen MR) is 94.2 cm³/mol. The van der Waals surface area contributed by atoms with E-state index in [1.807, 2.05) is 42.5 Å². The van der Waals surface area contributed by atoms with Gasteiger partial charge in [-0.25, -0.2) is 4.79 Å². The van der Waals surface area contributed by atoms with E-state index in [2.05, 4.69) is 5.32 Å². The first-order valence-electron chi connectivity index (χ1n) is 8.37. The first kappa shape index (κ1) is 17.4. The topological polar surface area (TPSA) is 102 Å². The molecule has 3 rings (SSSR count). The van der Waals surface area contributed by atoms with Crippen molar-refractivity contribution in [3.05, 3.63) is 48.0 Å². The molecule has 0 aliphatic carbocycles. The minimum absolute atomic E-state index is 0.247. The zero-order valence-corrected chi connectivity index (χ0v) is 13.9. The summed E-state index contributed by atoms with van der Waals surface area (Å²) in [5.74, 6) is -1.49. The number of nitrogens with one attached hydrogen (secondary N) is 1. The van der Waals surface area contributed by atoms with Crippen LogP contribution in [-0.2, 0) is 20.7 Å². The average molecular weight is 342 g/mol. The van der Waals surface area contributed by atoms with E-state index in [0.29, 0.717) is 19.6 Å². The van der Waals surface area contributed by atoms with Crippen molar-refractivity contribution < 1.29 is 19.4 Å². The number of carbonyl (C=O) groups excluding carboxylic acids is 1. The Morgan fingerprint density at radius 1 is 1.16 bits per heavy atom. The third-order valence-corrected chi connectivity index (χ3v) is 4.72. The summed E-state index contributed by atoms with van der Waals surface area (Å²) in [6, 6.07) is 13.1. The maximum absolute atomic E-state index is 12.4. The number of carbonyl (C=O) groups is 2. The van der Waals surface area contributed by atoms with Crippen LogP contribution in [0.1, 0.15) is 18.4 Å². The number of ether oxygens (including phenoxy) is 1. The number of aliphatic carboxylic acids is 1. The molecule has 0 saturated carbocycles. The molecule has 1 fully saturated rings. The lowest BCUT2D eigenvalue weighted by molar-refractivity contribution is -0.152. The van der Waals surface area contributed by atoms with Crippen molar-refractivity contribution in [3.63, 3.8) is 0 Å². The number of nitrogens with two attached hydrogens (primary N) is 1. The van der Waals surface area contributed by atoms with Gasteiger partial charge in [0, 0.05) is 26.1 Å². The lowest BCUT2D eigenvalue weighted by Crippen LogP contribution is -2.60. The first-order chi connectivity index (χ1) is 12.0. The second-order valence-electron chi connectivity index (χ2n) is 6.48. The maximum Gasteiger partial charge on any atom is 0.329 e. The zero-order chi connectivity index (χ0) is 17.9. The van der Waals surface area contributed by atoms with E-state index in [-0.39, 0.29) is 12.8 Å². The van der Waals surface area contributed by atoms with Gasteiger partial charge in [0.15, 0.2) is 0 Å². The molecule has 0 unspecified atom stereocenters. The summed E-state index contributed by atoms with van der Waals surface area (Å²) in [6.07, 6.45) is 0.844. The van der Waals surface area contributed by atoms with Crippen molar-refractivity contribution in [2.24, 2.45) is 5.73 Å². The summed E-state index contributed by atoms with van der Waals surface area (Å²) in [5.41, 5.74) is 5.69. The number of carboxylic acids is 1. The third-order valence-electron chi connectivity index (χ3n) is 4.72. The van der Waals surface area contributed by atoms with Crippen LogP contribution in [0.4, 0.5) is 0 Å². The molecule has 1 aliphatic rings. The second-order valence-corrected chi connectivity index (χ2v) is 6.48. The molecule has 2 aromatic carbocycles. The smallest absolute Gasteiger partial charge is 0.329 e. The van der Waals surface area contributed by atoms with Gasteiger partial charge in [-0.3, -0.25) is 4.79 Å². The van der Waals surface area contributed by atoms with E-state index in [1.165, 1.54) is 0 Å². The van der Waals surface area contributed by atoms with Gasteiger partial charge in [0.25, 0.3) is 0 Å². The Morgan fingerprint density at radius 2 is 1.84 bits per heavy atom. The number of benzene rings is 2. The number of hydrogen-bond acceptors (Lipinski definition) is 4. The van der Waals surface area contributed by atoms with Gasteiger partial charge in [-0.05, 0) is 22.8 Å². The van der Waals surface area contributed by atoms with Gasteiger partial charge in [-0.15, -0.1) is 0 Å². The largest absolute Gasteiger partial charge is 0.480 e. The van der Waals surface area contributed by atoms with Crippen molar-refractivity contribution in [2.75, 3.05) is 13.2 Å². The van der Waals surface area contributed by atoms with E-state index < -0.39 is 23.5 Å². The van der Waals surface area contributed by atoms with Crippen LogP contribution in [0, 0.1) is 0 Å². The van der Waals surface area contributed by atoms with Crippen molar-refractivity contribution in [1.29, 1.82) is 0 Å². The van der Waals surface area contributed by atoms with E-state index in [4.69, 9.17) is 10.5 Å². The first-order valence-corrected chi connectivity index (χ1v) is 8.37. The van der Waals surface area contributed by atoms with Gasteiger partial charge in [-0.2, -0.15) is 0 Å². The molecule has 0 radical (unpaired) electrons. The second kappa shape index (κ2) is 7.21. The number of carboxylic acid groups (broad SMARTS) is 1. The molecule has 132 valence electrons. The van der Waals surface area contributed by atoms with Crippen LogP contribution in [0.5, 0.6) is 0 Å². The summed E-state index contributed by atoms with van der Waals surface area (Å²) in [6.45, 7) is 0.624. The molecule has 1 amide bonds. The van der Waals surface area contributed by atoms with Gasteiger partial charge in [-0.1, -0.05) is 42.5 Å². The predicted octanol–water partition coefficient (Wildman–Crippen LogP) is 1.46. The summed E-state index contributed by atoms with van der Waals surface area (Å²) in [4.78, 5) is 24.1. The zero-order valence-electron chi connectivity index (χ0n) is 13.9. The maximum atomic E-state index is 12.4. The molecule has 1 saturated heterocycles. The number of hydrogen-bond donors (Lipinski definition) is 3. The minimum Gasteiger partial charge on any atom is -0.480 e. The SMILES string of the molecule is N[C@@H](Cc1ccc2ccccc2c1)C(=O)NC1(C(=O)O)CCOCC1. The van der Waals surface area contributed by atoms with Gasteiger partial charge in [0.2, 0.25) is 5.91 Å². The highest BCUT2D eigenvalue weighted by atomic mass is 16.5. The van der Waals surface area contributed by atoms with Crippen LogP contribution in [0.25, 0.3) is 10.8 Å². The van der Waals surface area contributed by atoms with E-state index in [1.54, 1.807) is 0 Å². The molecule has 1 heterocycles. The lowest BCUT2D eigenvalue weighted by Gasteiger charge is -2.34. The van der Waals surface area contributed by atoms with Crippen molar-refractivity contribution in [1.82, 2.24) is 5.32 Å². The van der Waals surface area contributed by atoms with Crippen LogP contribution in [0.15, 0.2) is 42.5 Å². The third kappa shape index (κ3) is 3.81. The molecular weight excluding hydrogens is 320 g/mol. The van der Waals surface area contributed by atoms with Crippen LogP contribution in [0.3, 0.4) is 0 Å². The summed E-state index contributed by atoms with van der Waals surface area (Å²) in [7, 11) is 0. The molecule has 1 atom stereocenters. The average Bonchev–Trinajstić information content (AvgIpc) is 2.62. The molecule has 1 aliphatic heterocycles. The number of rotatable bonds is 5. The molecule has 6 heteroatoms. The Hall–Kier alpha value is -2.44. The highest BCUT2D eigenvalue weighted by Crippen LogP contribution is 2.22. The Kier molecular flexibility index (Phi) is 5.01. The van der Waals surface area contributed by atoms with E-state index in [9.17, 15) is 14.7 Å². The fourth-order valence-corrected chi connectivity index (χ4v) is 3.15. The molecule has 25 heavy (non-hydrogen) atoms. The molecular formula is C19H22N2O4. The summed E-state index contributed by atoms with van der Waals surface area (Å²) in [5, 5.41) is 14.4. The molecule has 4 N–H and O–H groups in total. The lowest BCUT2D eigenvalue weighted by atomic mass is 9.89. The molecule has 6 nitrogen and oxygen atoms in total. The van der Waals surface area contributed by atoms with Crippen LogP contribution < -0.4 is 11.1 Å². The van der Waals surface area contributed by atoms with Crippen molar-refractivity contribution in [2.45, 2.75) is 30.8 Å². The van der Waals surface area contributed by atoms with Crippen molar-refractivity contribution in [3.8, 4) is 0 Å². The summed E-state index contributed by atoms with van der Waals surface area (Å²) >= 11 is 0. The van der Waals surface area contributed by atoms with Crippen LogP contribution in [0.2, 0.25) is 0 Å². The Bertz CT molecular complexity index is 784. The minimum atomic E-state index is -1.28.